The first-order valence-corrected chi connectivity index (χ1v) is 6.69. The minimum absolute atomic E-state index is 1.01. The molecule has 2 heterocycles. The third-order valence-corrected chi connectivity index (χ3v) is 3.98. The van der Waals surface area contributed by atoms with Gasteiger partial charge in [0, 0.05) is 12.1 Å². The van der Waals surface area contributed by atoms with Crippen LogP contribution in [0.15, 0.2) is 0 Å². The molecule has 2 saturated heterocycles. The van der Waals surface area contributed by atoms with Crippen LogP contribution in [0.3, 0.4) is 0 Å². The highest BCUT2D eigenvalue weighted by molar-refractivity contribution is 5.03. The van der Waals surface area contributed by atoms with E-state index in [2.05, 4.69) is 11.8 Å². The van der Waals surface area contributed by atoms with Crippen LogP contribution in [-0.2, 0) is 0 Å². The number of hydrogen-bond acceptors (Lipinski definition) is 1. The predicted octanol–water partition coefficient (Wildman–Crippen LogP) is 3.58. The Kier molecular flexibility index (Phi) is 3.86. The summed E-state index contributed by atoms with van der Waals surface area (Å²) in [4.78, 5) is 2.74. The molecule has 2 aliphatic heterocycles. The largest absolute Gasteiger partial charge is 0.294 e. The minimum Gasteiger partial charge on any atom is -0.294 e. The van der Waals surface area contributed by atoms with E-state index in [1.54, 1.807) is 0 Å². The molecule has 1 heteroatoms. The lowest BCUT2D eigenvalue weighted by Crippen LogP contribution is -2.09. The first kappa shape index (κ1) is 10.5. The lowest BCUT2D eigenvalue weighted by atomic mass is 10.1. The number of piperidine rings is 1. The van der Waals surface area contributed by atoms with Crippen molar-refractivity contribution >= 4 is 0 Å². The van der Waals surface area contributed by atoms with Gasteiger partial charge in [-0.1, -0.05) is 45.4 Å². The zero-order valence-corrected chi connectivity index (χ0v) is 9.67. The highest BCUT2D eigenvalue weighted by atomic mass is 15.4. The van der Waals surface area contributed by atoms with Crippen LogP contribution >= 0.6 is 0 Å². The molecular formula is C13H25N. The third kappa shape index (κ3) is 2.50. The molecule has 2 rings (SSSR count). The minimum atomic E-state index is 1.01. The van der Waals surface area contributed by atoms with Crippen LogP contribution in [0.1, 0.15) is 64.7 Å². The van der Waals surface area contributed by atoms with Crippen molar-refractivity contribution in [3.63, 3.8) is 0 Å². The number of unbranched alkanes of at least 4 members (excludes halogenated alkanes) is 4. The molecule has 3 unspecified atom stereocenters. The normalized spacial score (nSPS) is 35.4. The summed E-state index contributed by atoms with van der Waals surface area (Å²) >= 11 is 0. The Morgan fingerprint density at radius 3 is 2.64 bits per heavy atom. The average molecular weight is 195 g/mol. The number of rotatable bonds is 6. The van der Waals surface area contributed by atoms with Gasteiger partial charge < -0.3 is 0 Å². The molecular weight excluding hydrogens is 170 g/mol. The summed E-state index contributed by atoms with van der Waals surface area (Å²) in [5.41, 5.74) is 0. The zero-order chi connectivity index (χ0) is 9.80. The van der Waals surface area contributed by atoms with Gasteiger partial charge in [-0.2, -0.15) is 0 Å². The summed E-state index contributed by atoms with van der Waals surface area (Å²) in [6, 6.07) is 2.04. The van der Waals surface area contributed by atoms with Gasteiger partial charge >= 0.3 is 0 Å². The standard InChI is InChI=1S/C13H25N/c1-2-3-4-5-6-9-12-13-10-7-8-11-14(12)13/h12-13H,2-11H2,1H3. The Balaban J connectivity index is 1.51. The first-order valence-electron chi connectivity index (χ1n) is 6.69. The zero-order valence-electron chi connectivity index (χ0n) is 9.67. The van der Waals surface area contributed by atoms with E-state index < -0.39 is 0 Å². The third-order valence-electron chi connectivity index (χ3n) is 3.98. The number of hydrogen-bond donors (Lipinski definition) is 0. The first-order chi connectivity index (χ1) is 6.93. The fourth-order valence-corrected chi connectivity index (χ4v) is 3.05. The molecule has 0 aliphatic carbocycles. The Bertz CT molecular complexity index is 155. The van der Waals surface area contributed by atoms with Crippen molar-refractivity contribution in [2.45, 2.75) is 76.8 Å². The predicted molar refractivity (Wildman–Crippen MR) is 61.5 cm³/mol. The van der Waals surface area contributed by atoms with Crippen molar-refractivity contribution in [1.29, 1.82) is 0 Å². The maximum atomic E-state index is 2.74. The van der Waals surface area contributed by atoms with Gasteiger partial charge in [0.25, 0.3) is 0 Å². The summed E-state index contributed by atoms with van der Waals surface area (Å²) < 4.78 is 0. The van der Waals surface area contributed by atoms with E-state index in [9.17, 15) is 0 Å². The molecule has 82 valence electrons. The lowest BCUT2D eigenvalue weighted by molar-refractivity contribution is 0.393. The van der Waals surface area contributed by atoms with Crippen LogP contribution in [0.25, 0.3) is 0 Å². The Morgan fingerprint density at radius 1 is 1.07 bits per heavy atom. The molecule has 1 nitrogen and oxygen atoms in total. The molecule has 0 aromatic heterocycles. The summed E-state index contributed by atoms with van der Waals surface area (Å²) in [7, 11) is 0. The van der Waals surface area contributed by atoms with Gasteiger partial charge in [0.1, 0.15) is 0 Å². The molecule has 0 spiro atoms. The second-order valence-electron chi connectivity index (χ2n) is 5.07. The summed E-state index contributed by atoms with van der Waals surface area (Å²) in [6.45, 7) is 3.70. The van der Waals surface area contributed by atoms with E-state index in [4.69, 9.17) is 0 Å². The second kappa shape index (κ2) is 5.16. The fraction of sp³-hybridized carbons (Fsp3) is 1.00. The molecule has 0 saturated carbocycles. The van der Waals surface area contributed by atoms with Gasteiger partial charge in [-0.25, -0.2) is 0 Å². The average Bonchev–Trinajstić information content (AvgIpc) is 2.92. The molecule has 2 aliphatic rings. The van der Waals surface area contributed by atoms with Crippen molar-refractivity contribution in [3.05, 3.63) is 0 Å². The van der Waals surface area contributed by atoms with Gasteiger partial charge in [0.2, 0.25) is 0 Å². The van der Waals surface area contributed by atoms with Crippen LogP contribution in [0, 0.1) is 0 Å². The van der Waals surface area contributed by atoms with Crippen LogP contribution in [0.5, 0.6) is 0 Å². The molecule has 2 fully saturated rings. The lowest BCUT2D eigenvalue weighted by Gasteiger charge is -2.08. The molecule has 0 radical (unpaired) electrons. The quantitative estimate of drug-likeness (QED) is 0.462. The summed E-state index contributed by atoms with van der Waals surface area (Å²) in [5, 5.41) is 0. The topological polar surface area (TPSA) is 3.01 Å². The summed E-state index contributed by atoms with van der Waals surface area (Å²) in [5.74, 6) is 0. The van der Waals surface area contributed by atoms with Gasteiger partial charge in [0.05, 0.1) is 0 Å². The molecule has 0 bridgehead atoms. The van der Waals surface area contributed by atoms with Gasteiger partial charge in [-0.05, 0) is 25.8 Å². The number of nitrogens with zero attached hydrogens (tertiary/aromatic N) is 1. The van der Waals surface area contributed by atoms with Crippen molar-refractivity contribution in [3.8, 4) is 0 Å². The van der Waals surface area contributed by atoms with E-state index in [-0.39, 0.29) is 0 Å². The van der Waals surface area contributed by atoms with E-state index in [1.807, 2.05) is 0 Å². The van der Waals surface area contributed by atoms with Crippen molar-refractivity contribution in [2.24, 2.45) is 0 Å². The van der Waals surface area contributed by atoms with Crippen molar-refractivity contribution < 1.29 is 0 Å². The maximum absolute atomic E-state index is 2.74. The Labute approximate surface area is 88.9 Å². The van der Waals surface area contributed by atoms with Crippen molar-refractivity contribution in [2.75, 3.05) is 6.54 Å². The van der Waals surface area contributed by atoms with Gasteiger partial charge in [-0.3, -0.25) is 4.90 Å². The van der Waals surface area contributed by atoms with Crippen molar-refractivity contribution in [1.82, 2.24) is 4.90 Å². The number of fused-ring (bicyclic) bond motifs is 1. The van der Waals surface area contributed by atoms with Crippen LogP contribution in [-0.4, -0.2) is 23.5 Å². The molecule has 0 aromatic carbocycles. The fourth-order valence-electron chi connectivity index (χ4n) is 3.05. The van der Waals surface area contributed by atoms with Gasteiger partial charge in [-0.15, -0.1) is 0 Å². The monoisotopic (exact) mass is 195 g/mol. The molecule has 0 N–H and O–H groups in total. The smallest absolute Gasteiger partial charge is 0.0255 e. The highest BCUT2D eigenvalue weighted by Crippen LogP contribution is 2.39. The Morgan fingerprint density at radius 2 is 1.93 bits per heavy atom. The molecule has 14 heavy (non-hydrogen) atoms. The van der Waals surface area contributed by atoms with E-state index >= 15 is 0 Å². The summed E-state index contributed by atoms with van der Waals surface area (Å²) in [6.07, 6.45) is 13.2. The molecule has 3 atom stereocenters. The molecule has 0 aromatic rings. The SMILES string of the molecule is CCCCCCCC1C2CCCCN12. The Hall–Kier alpha value is -0.0400. The van der Waals surface area contributed by atoms with E-state index in [1.165, 1.54) is 64.3 Å². The van der Waals surface area contributed by atoms with E-state index in [0.717, 1.165) is 12.1 Å². The second-order valence-corrected chi connectivity index (χ2v) is 5.07. The van der Waals surface area contributed by atoms with Crippen LogP contribution in [0.2, 0.25) is 0 Å². The highest BCUT2D eigenvalue weighted by Gasteiger charge is 2.46. The maximum Gasteiger partial charge on any atom is 0.0255 e. The van der Waals surface area contributed by atoms with Crippen LogP contribution < -0.4 is 0 Å². The molecule has 0 amide bonds. The van der Waals surface area contributed by atoms with E-state index in [0.29, 0.717) is 0 Å². The van der Waals surface area contributed by atoms with Gasteiger partial charge in [0.15, 0.2) is 0 Å². The van der Waals surface area contributed by atoms with Crippen LogP contribution in [0.4, 0.5) is 0 Å².